The number of hydrogen-bond donors (Lipinski definition) is 1. The quantitative estimate of drug-likeness (QED) is 0.113. The van der Waals surface area contributed by atoms with Crippen molar-refractivity contribution in [2.75, 3.05) is 7.11 Å². The van der Waals surface area contributed by atoms with E-state index >= 15 is 0 Å². The van der Waals surface area contributed by atoms with E-state index in [1.807, 2.05) is 97.9 Å². The van der Waals surface area contributed by atoms with Gasteiger partial charge in [0.25, 0.3) is 0 Å². The van der Waals surface area contributed by atoms with Crippen molar-refractivity contribution in [1.29, 1.82) is 0 Å². The number of aryl methyl sites for hydroxylation is 1. The minimum atomic E-state index is -4.27. The number of ether oxygens (including phenoxy) is 3. The molecule has 1 unspecified atom stereocenters. The number of hydrogen-bond acceptors (Lipinski definition) is 8. The van der Waals surface area contributed by atoms with Gasteiger partial charge in [0.2, 0.25) is 0 Å². The first kappa shape index (κ1) is 38.6. The summed E-state index contributed by atoms with van der Waals surface area (Å²) >= 11 is 2.98. The van der Waals surface area contributed by atoms with E-state index in [0.29, 0.717) is 0 Å². The van der Waals surface area contributed by atoms with Crippen molar-refractivity contribution >= 4 is 38.1 Å². The maximum absolute atomic E-state index is 13.2. The highest BCUT2D eigenvalue weighted by Gasteiger charge is 2.29. The first-order chi connectivity index (χ1) is 24.0. The van der Waals surface area contributed by atoms with Crippen LogP contribution < -0.4 is 31.3 Å². The first-order valence-corrected chi connectivity index (χ1v) is 19.6. The molecule has 0 radical (unpaired) electrons. The Kier molecular flexibility index (Phi) is 14.8. The number of carbonyl (C=O) groups excluding carboxylic acids is 2. The average Bonchev–Trinajstić information content (AvgIpc) is 3.11. The summed E-state index contributed by atoms with van der Waals surface area (Å²) in [5, 5.41) is 2.74. The average molecular weight is 873 g/mol. The van der Waals surface area contributed by atoms with E-state index in [0.717, 1.165) is 36.0 Å². The first-order valence-electron chi connectivity index (χ1n) is 15.3. The third-order valence-electron chi connectivity index (χ3n) is 7.00. The van der Waals surface area contributed by atoms with Crippen LogP contribution in [0.4, 0.5) is 4.79 Å². The summed E-state index contributed by atoms with van der Waals surface area (Å²) in [6.45, 7) is 2.03. The molecule has 1 amide bonds. The van der Waals surface area contributed by atoms with Crippen molar-refractivity contribution in [2.24, 2.45) is 0 Å². The van der Waals surface area contributed by atoms with Crippen LogP contribution in [0.15, 0.2) is 137 Å². The summed E-state index contributed by atoms with van der Waals surface area (Å²) in [4.78, 5) is 25.8. The molecule has 1 atom stereocenters. The van der Waals surface area contributed by atoms with Gasteiger partial charge in [-0.3, -0.25) is 0 Å². The molecule has 1 N–H and O–H groups in total. The number of carbonyl (C=O) groups is 2. The number of esters is 1. The van der Waals surface area contributed by atoms with Crippen LogP contribution in [0.1, 0.15) is 22.3 Å². The van der Waals surface area contributed by atoms with Crippen molar-refractivity contribution in [3.63, 3.8) is 0 Å². The predicted molar refractivity (Wildman–Crippen MR) is 187 cm³/mol. The summed E-state index contributed by atoms with van der Waals surface area (Å²) in [6, 6.07) is 37.7. The highest BCUT2D eigenvalue weighted by atomic mass is 127. The molecule has 0 fully saturated rings. The zero-order chi connectivity index (χ0) is 35.9. The monoisotopic (exact) mass is 871 g/mol. The van der Waals surface area contributed by atoms with Crippen LogP contribution in [-0.4, -0.2) is 38.2 Å². The van der Waals surface area contributed by atoms with E-state index in [9.17, 15) is 22.6 Å². The third-order valence-corrected chi connectivity index (χ3v) is 11.2. The molecule has 0 aromatic heterocycles. The second kappa shape index (κ2) is 19.2. The fraction of sp³-hybridized carbons (Fsp3) is 0.158. The Morgan fingerprint density at radius 3 is 2.02 bits per heavy atom. The maximum atomic E-state index is 13.2. The van der Waals surface area contributed by atoms with E-state index in [1.54, 1.807) is 19.2 Å². The zero-order valence-corrected chi connectivity index (χ0v) is 31.8. The molecule has 50 heavy (non-hydrogen) atoms. The highest BCUT2D eigenvalue weighted by Crippen LogP contribution is 2.15. The number of amides is 1. The standard InChI is InChI=1S/C31H27BrINO5.C7H8O3S/c1-37-27-14-8-13-26(19-27)33-28-18-25(32)16-15-24(28)17-29(30(35)38-20-22-9-4-2-5-10-22)34-31(36)39-21-23-11-6-3-7-12-23;1-6-2-4-7(5-3-6)11(8,9)10/h2-16,18-19,29H,17,20-21H2,1H3;2-5H,1H3,(H,8,9,10). The number of benzene rings is 5. The second-order valence-electron chi connectivity index (χ2n) is 10.8. The Hall–Kier alpha value is -4.24. The van der Waals surface area contributed by atoms with E-state index in [-0.39, 0.29) is 24.5 Å². The molecular formula is C38H35BrINO8S. The number of methoxy groups -OCH3 is 1. The van der Waals surface area contributed by atoms with Crippen molar-refractivity contribution in [3.05, 3.63) is 161 Å². The van der Waals surface area contributed by atoms with Gasteiger partial charge in [-0.1, -0.05) is 106 Å². The van der Waals surface area contributed by atoms with Gasteiger partial charge in [0.15, 0.2) is 7.14 Å². The SMILES string of the molecule is COc1cccc([I+]c2cc(Br)ccc2CC(NC(=O)OCc2ccccc2)C(=O)OCc2ccccc2)c1.Cc1ccc(S(=O)(=O)[O-])cc1. The lowest BCUT2D eigenvalue weighted by Crippen LogP contribution is -3.61. The van der Waals surface area contributed by atoms with Gasteiger partial charge in [0, 0.05) is 28.6 Å². The lowest BCUT2D eigenvalue weighted by molar-refractivity contribution is -0.598. The number of alkyl carbamates (subject to hydrolysis) is 1. The highest BCUT2D eigenvalue weighted by molar-refractivity contribution is 9.10. The van der Waals surface area contributed by atoms with Gasteiger partial charge in [-0.2, -0.15) is 0 Å². The number of nitrogens with one attached hydrogen (secondary N) is 1. The van der Waals surface area contributed by atoms with Crippen LogP contribution in [0.5, 0.6) is 5.75 Å². The summed E-state index contributed by atoms with van der Waals surface area (Å²) in [7, 11) is -2.62. The van der Waals surface area contributed by atoms with Gasteiger partial charge in [-0.05, 0) is 48.4 Å². The molecule has 0 aliphatic heterocycles. The Balaban J connectivity index is 0.000000435. The molecule has 0 spiro atoms. The van der Waals surface area contributed by atoms with Crippen LogP contribution in [0.3, 0.4) is 0 Å². The number of rotatable bonds is 12. The molecule has 9 nitrogen and oxygen atoms in total. The molecule has 0 saturated heterocycles. The molecule has 0 aliphatic carbocycles. The third kappa shape index (κ3) is 12.9. The second-order valence-corrected chi connectivity index (χ2v) is 16.1. The minimum Gasteiger partial charge on any atom is -0.744 e. The molecule has 5 rings (SSSR count). The minimum absolute atomic E-state index is 0.101. The van der Waals surface area contributed by atoms with Crippen LogP contribution in [0.25, 0.3) is 0 Å². The molecule has 260 valence electrons. The molecular weight excluding hydrogens is 837 g/mol. The topological polar surface area (TPSA) is 131 Å². The smallest absolute Gasteiger partial charge is 0.408 e. The molecule has 5 aromatic carbocycles. The van der Waals surface area contributed by atoms with Crippen molar-refractivity contribution in [2.45, 2.75) is 37.5 Å². The Labute approximate surface area is 311 Å². The van der Waals surface area contributed by atoms with E-state index in [2.05, 4.69) is 33.4 Å². The van der Waals surface area contributed by atoms with Gasteiger partial charge in [0.05, 0.1) is 12.0 Å². The van der Waals surface area contributed by atoms with Crippen molar-refractivity contribution in [3.8, 4) is 5.75 Å². The lowest BCUT2D eigenvalue weighted by Gasteiger charge is -2.18. The summed E-state index contributed by atoms with van der Waals surface area (Å²) < 4.78 is 50.8. The van der Waals surface area contributed by atoms with Crippen LogP contribution in [-0.2, 0) is 44.0 Å². The van der Waals surface area contributed by atoms with Gasteiger partial charge in [-0.25, -0.2) is 18.0 Å². The van der Waals surface area contributed by atoms with Gasteiger partial charge < -0.3 is 24.1 Å². The lowest BCUT2D eigenvalue weighted by atomic mass is 10.1. The van der Waals surface area contributed by atoms with Gasteiger partial charge >= 0.3 is 33.3 Å². The largest absolute Gasteiger partial charge is 0.744 e. The Morgan fingerprint density at radius 2 is 1.42 bits per heavy atom. The number of halogens is 2. The molecule has 0 saturated carbocycles. The maximum Gasteiger partial charge on any atom is 0.408 e. The molecule has 5 aromatic rings. The molecule has 0 heterocycles. The van der Waals surface area contributed by atoms with E-state index in [4.69, 9.17) is 14.2 Å². The van der Waals surface area contributed by atoms with Crippen molar-refractivity contribution < 1.29 is 58.0 Å². The van der Waals surface area contributed by atoms with Gasteiger partial charge in [0.1, 0.15) is 35.1 Å². The van der Waals surface area contributed by atoms with E-state index in [1.165, 1.54) is 15.7 Å². The Morgan fingerprint density at radius 1 is 0.800 bits per heavy atom. The van der Waals surface area contributed by atoms with Crippen LogP contribution >= 0.6 is 15.9 Å². The van der Waals surface area contributed by atoms with E-state index < -0.39 is 49.4 Å². The van der Waals surface area contributed by atoms with Crippen LogP contribution in [0.2, 0.25) is 0 Å². The summed E-state index contributed by atoms with van der Waals surface area (Å²) in [5.74, 6) is 0.276. The zero-order valence-electron chi connectivity index (χ0n) is 27.3. The normalized spacial score (nSPS) is 11.4. The molecule has 0 aliphatic rings. The predicted octanol–water partition coefficient (Wildman–Crippen LogP) is 4.07. The molecule has 12 heteroatoms. The molecule has 0 bridgehead atoms. The fourth-order valence-electron chi connectivity index (χ4n) is 4.40. The van der Waals surface area contributed by atoms with Gasteiger partial charge in [-0.15, -0.1) is 0 Å². The summed E-state index contributed by atoms with van der Waals surface area (Å²) in [5.41, 5.74) is 3.61. The summed E-state index contributed by atoms with van der Waals surface area (Å²) in [6.07, 6.45) is -0.415. The van der Waals surface area contributed by atoms with Crippen molar-refractivity contribution in [1.82, 2.24) is 5.32 Å². The fourth-order valence-corrected chi connectivity index (χ4v) is 8.42. The van der Waals surface area contributed by atoms with Crippen LogP contribution in [0, 0.1) is 14.1 Å². The Bertz CT molecular complexity index is 1960.